The van der Waals surface area contributed by atoms with Crippen LogP contribution in [0.25, 0.3) is 5.70 Å². The van der Waals surface area contributed by atoms with E-state index in [9.17, 15) is 10.2 Å². The molecule has 2 heterocycles. The van der Waals surface area contributed by atoms with Crippen molar-refractivity contribution < 1.29 is 10.2 Å². The number of aryl methyl sites for hydroxylation is 1. The van der Waals surface area contributed by atoms with E-state index in [1.165, 1.54) is 0 Å². The van der Waals surface area contributed by atoms with Gasteiger partial charge in [0.2, 0.25) is 0 Å². The van der Waals surface area contributed by atoms with E-state index in [0.29, 0.717) is 24.9 Å². The second kappa shape index (κ2) is 9.10. The van der Waals surface area contributed by atoms with E-state index in [-0.39, 0.29) is 0 Å². The summed E-state index contributed by atoms with van der Waals surface area (Å²) in [6.07, 6.45) is 8.18. The number of hydrazone groups is 1. The molecule has 178 valence electrons. The average molecular weight is 515 g/mol. The molecule has 0 aromatic heterocycles. The highest BCUT2D eigenvalue weighted by atomic mass is 79.9. The SMILES string of the molecule is Cc1cc(C2=CC(C)CC=C3C(=NCC(C)(C)O)CC(Br)=NN32)ccc1C(C)(O)NC1CC1. The Bertz CT molecular complexity index is 1040. The van der Waals surface area contributed by atoms with E-state index < -0.39 is 11.3 Å². The molecule has 2 unspecified atom stereocenters. The van der Waals surface area contributed by atoms with E-state index in [1.54, 1.807) is 13.8 Å². The molecule has 2 aliphatic heterocycles. The van der Waals surface area contributed by atoms with Crippen molar-refractivity contribution in [3.05, 3.63) is 52.7 Å². The first-order chi connectivity index (χ1) is 15.4. The third kappa shape index (κ3) is 5.83. The number of fused-ring (bicyclic) bond motifs is 1. The van der Waals surface area contributed by atoms with Gasteiger partial charge in [0.15, 0.2) is 0 Å². The highest BCUT2D eigenvalue weighted by molar-refractivity contribution is 9.18. The Kier molecular flexibility index (Phi) is 6.71. The summed E-state index contributed by atoms with van der Waals surface area (Å²) in [5.41, 5.74) is 3.95. The van der Waals surface area contributed by atoms with E-state index in [0.717, 1.165) is 57.7 Å². The molecule has 7 heteroatoms. The standard InChI is InChI=1S/C26H35BrN4O2/c1-16-6-11-22-21(28-15-25(3,4)32)14-24(27)30-31(22)23(12-16)18-7-10-20(17(2)13-18)26(5,33)29-19-8-9-19/h7,10-13,16,19,29,32-33H,6,8-9,14-15H2,1-5H3. The number of hydrogen-bond donors (Lipinski definition) is 3. The van der Waals surface area contributed by atoms with Gasteiger partial charge in [-0.05, 0) is 80.4 Å². The van der Waals surface area contributed by atoms with Crippen LogP contribution in [0.4, 0.5) is 0 Å². The zero-order valence-electron chi connectivity index (χ0n) is 20.2. The number of benzene rings is 1. The summed E-state index contributed by atoms with van der Waals surface area (Å²) in [5.74, 6) is 0.335. The van der Waals surface area contributed by atoms with E-state index in [4.69, 9.17) is 10.1 Å². The van der Waals surface area contributed by atoms with E-state index in [1.807, 2.05) is 24.9 Å². The third-order valence-corrected chi connectivity index (χ3v) is 6.60. The first kappa shape index (κ1) is 24.3. The quantitative estimate of drug-likeness (QED) is 0.476. The van der Waals surface area contributed by atoms with Gasteiger partial charge in [-0.15, -0.1) is 0 Å². The van der Waals surface area contributed by atoms with Gasteiger partial charge in [0, 0.05) is 23.6 Å². The zero-order chi connectivity index (χ0) is 24.0. The smallest absolute Gasteiger partial charge is 0.139 e. The molecule has 6 nitrogen and oxygen atoms in total. The highest BCUT2D eigenvalue weighted by Crippen LogP contribution is 2.36. The van der Waals surface area contributed by atoms with Gasteiger partial charge in [-0.25, -0.2) is 5.01 Å². The highest BCUT2D eigenvalue weighted by Gasteiger charge is 2.34. The maximum absolute atomic E-state index is 11.0. The molecule has 0 amide bonds. The number of halogens is 1. The molecular formula is C26H35BrN4O2. The Balaban J connectivity index is 1.70. The van der Waals surface area contributed by atoms with Crippen molar-refractivity contribution in [3.8, 4) is 0 Å². The third-order valence-electron chi connectivity index (χ3n) is 6.17. The fraction of sp³-hybridized carbons (Fsp3) is 0.538. The van der Waals surface area contributed by atoms with Crippen LogP contribution in [0.5, 0.6) is 0 Å². The maximum atomic E-state index is 11.0. The summed E-state index contributed by atoms with van der Waals surface area (Å²) < 4.78 is 0.805. The average Bonchev–Trinajstić information content (AvgIpc) is 3.52. The normalized spacial score (nSPS) is 24.5. The largest absolute Gasteiger partial charge is 0.389 e. The Morgan fingerprint density at radius 2 is 1.94 bits per heavy atom. The molecule has 0 radical (unpaired) electrons. The molecule has 4 rings (SSSR count). The molecule has 3 aliphatic rings. The lowest BCUT2D eigenvalue weighted by atomic mass is 9.95. The Morgan fingerprint density at radius 3 is 2.58 bits per heavy atom. The first-order valence-electron chi connectivity index (χ1n) is 11.8. The van der Waals surface area contributed by atoms with Crippen molar-refractivity contribution in [2.45, 2.75) is 77.7 Å². The van der Waals surface area contributed by atoms with Gasteiger partial charge in [0.25, 0.3) is 0 Å². The predicted octanol–water partition coefficient (Wildman–Crippen LogP) is 4.80. The summed E-state index contributed by atoms with van der Waals surface area (Å²) >= 11 is 3.60. The van der Waals surface area contributed by atoms with Gasteiger partial charge in [0.05, 0.1) is 29.3 Å². The summed E-state index contributed by atoms with van der Waals surface area (Å²) in [4.78, 5) is 4.76. The van der Waals surface area contributed by atoms with Crippen LogP contribution in [0.3, 0.4) is 0 Å². The molecular weight excluding hydrogens is 480 g/mol. The molecule has 1 saturated carbocycles. The molecule has 1 aromatic rings. The molecule has 0 spiro atoms. The van der Waals surface area contributed by atoms with Crippen LogP contribution in [0, 0.1) is 12.8 Å². The number of aliphatic hydroxyl groups is 2. The van der Waals surface area contributed by atoms with Crippen LogP contribution in [0.15, 0.2) is 46.1 Å². The van der Waals surface area contributed by atoms with Gasteiger partial charge in [-0.3, -0.25) is 10.3 Å². The van der Waals surface area contributed by atoms with Crippen molar-refractivity contribution >= 4 is 32.0 Å². The predicted molar refractivity (Wildman–Crippen MR) is 138 cm³/mol. The minimum atomic E-state index is -1.05. The molecule has 1 fully saturated rings. The number of nitrogens with one attached hydrogen (secondary N) is 1. The lowest BCUT2D eigenvalue weighted by molar-refractivity contribution is 0.0172. The lowest BCUT2D eigenvalue weighted by Crippen LogP contribution is -2.41. The molecule has 3 N–H and O–H groups in total. The fourth-order valence-corrected chi connectivity index (χ4v) is 4.78. The number of nitrogens with zero attached hydrogens (tertiary/aromatic N) is 3. The Morgan fingerprint density at radius 1 is 1.21 bits per heavy atom. The Hall–Kier alpha value is -1.80. The summed E-state index contributed by atoms with van der Waals surface area (Å²) in [5, 5.41) is 31.4. The second-order valence-electron chi connectivity index (χ2n) is 10.4. The fourth-order valence-electron chi connectivity index (χ4n) is 4.36. The molecule has 2 atom stereocenters. The van der Waals surface area contributed by atoms with Crippen molar-refractivity contribution in [1.82, 2.24) is 10.3 Å². The van der Waals surface area contributed by atoms with Crippen LogP contribution >= 0.6 is 15.9 Å². The van der Waals surface area contributed by atoms with Gasteiger partial charge < -0.3 is 10.2 Å². The monoisotopic (exact) mass is 514 g/mol. The lowest BCUT2D eigenvalue weighted by Gasteiger charge is -2.31. The summed E-state index contributed by atoms with van der Waals surface area (Å²) in [6, 6.07) is 6.62. The zero-order valence-corrected chi connectivity index (χ0v) is 21.8. The summed E-state index contributed by atoms with van der Waals surface area (Å²) in [7, 11) is 0. The van der Waals surface area contributed by atoms with Crippen LogP contribution < -0.4 is 5.32 Å². The van der Waals surface area contributed by atoms with E-state index >= 15 is 0 Å². The van der Waals surface area contributed by atoms with Crippen molar-refractivity contribution in [3.63, 3.8) is 0 Å². The van der Waals surface area contributed by atoms with Crippen molar-refractivity contribution in [2.75, 3.05) is 6.54 Å². The molecule has 1 aromatic carbocycles. The number of aliphatic imine (C=N–C) groups is 1. The molecule has 0 bridgehead atoms. The van der Waals surface area contributed by atoms with Crippen LogP contribution in [0.1, 0.15) is 70.1 Å². The molecule has 33 heavy (non-hydrogen) atoms. The van der Waals surface area contributed by atoms with Crippen LogP contribution in [-0.2, 0) is 5.72 Å². The minimum Gasteiger partial charge on any atom is -0.389 e. The van der Waals surface area contributed by atoms with Gasteiger partial charge in [-0.2, -0.15) is 5.10 Å². The summed E-state index contributed by atoms with van der Waals surface area (Å²) in [6.45, 7) is 9.95. The van der Waals surface area contributed by atoms with Crippen LogP contribution in [-0.4, -0.2) is 43.7 Å². The van der Waals surface area contributed by atoms with Gasteiger partial charge in [0.1, 0.15) is 10.3 Å². The molecule has 0 saturated heterocycles. The molecule has 1 aliphatic carbocycles. The minimum absolute atomic E-state index is 0.333. The van der Waals surface area contributed by atoms with Gasteiger partial charge in [-0.1, -0.05) is 31.2 Å². The van der Waals surface area contributed by atoms with Gasteiger partial charge >= 0.3 is 0 Å². The van der Waals surface area contributed by atoms with E-state index in [2.05, 4.69) is 52.5 Å². The maximum Gasteiger partial charge on any atom is 0.139 e. The topological polar surface area (TPSA) is 80.5 Å². The second-order valence-corrected chi connectivity index (χ2v) is 11.3. The van der Waals surface area contributed by atoms with Crippen molar-refractivity contribution in [1.29, 1.82) is 0 Å². The number of rotatable bonds is 6. The first-order valence-corrected chi connectivity index (χ1v) is 12.5. The Labute approximate surface area is 205 Å². The number of hydrogen-bond acceptors (Lipinski definition) is 6. The number of allylic oxidation sites excluding steroid dienone is 3. The van der Waals surface area contributed by atoms with Crippen molar-refractivity contribution in [2.24, 2.45) is 16.0 Å². The van der Waals surface area contributed by atoms with Crippen LogP contribution in [0.2, 0.25) is 0 Å².